The van der Waals surface area contributed by atoms with E-state index in [1.165, 1.54) is 4.90 Å². The molecule has 1 aliphatic rings. The lowest BCUT2D eigenvalue weighted by molar-refractivity contribution is -0.140. The molecule has 0 bridgehead atoms. The van der Waals surface area contributed by atoms with Crippen LogP contribution in [0.4, 0.5) is 0 Å². The van der Waals surface area contributed by atoms with Gasteiger partial charge in [0.05, 0.1) is 11.1 Å². The first-order chi connectivity index (χ1) is 16.8. The van der Waals surface area contributed by atoms with Gasteiger partial charge in [-0.2, -0.15) is 0 Å². The van der Waals surface area contributed by atoms with Crippen molar-refractivity contribution in [2.45, 2.75) is 52.5 Å². The number of nitrogens with one attached hydrogen (secondary N) is 1. The Balaban J connectivity index is 1.65. The van der Waals surface area contributed by atoms with E-state index < -0.39 is 6.04 Å². The van der Waals surface area contributed by atoms with Gasteiger partial charge in [0, 0.05) is 26.1 Å². The van der Waals surface area contributed by atoms with Gasteiger partial charge < -0.3 is 10.2 Å². The summed E-state index contributed by atoms with van der Waals surface area (Å²) in [5.74, 6) is -0.631. The molecule has 7 heteroatoms. The number of hydrogen-bond acceptors (Lipinski definition) is 4. The molecule has 0 aliphatic carbocycles. The van der Waals surface area contributed by atoms with Crippen molar-refractivity contribution in [3.63, 3.8) is 0 Å². The fraction of sp³-hybridized carbons (Fsp3) is 0.429. The number of hydrogen-bond donors (Lipinski definition) is 1. The van der Waals surface area contributed by atoms with Gasteiger partial charge in [-0.05, 0) is 42.9 Å². The van der Waals surface area contributed by atoms with E-state index in [2.05, 4.69) is 5.32 Å². The first-order valence-corrected chi connectivity index (χ1v) is 12.4. The number of nitrogens with zero attached hydrogens (tertiary/aromatic N) is 2. The zero-order valence-corrected chi connectivity index (χ0v) is 20.8. The number of imide groups is 1. The summed E-state index contributed by atoms with van der Waals surface area (Å²) in [6.45, 7) is 7.10. The highest BCUT2D eigenvalue weighted by molar-refractivity contribution is 6.21. The van der Waals surface area contributed by atoms with Crippen molar-refractivity contribution in [1.29, 1.82) is 0 Å². The number of carbonyl (C=O) groups excluding carboxylic acids is 4. The molecule has 1 atom stereocenters. The van der Waals surface area contributed by atoms with Gasteiger partial charge in [-0.15, -0.1) is 0 Å². The molecule has 1 heterocycles. The summed E-state index contributed by atoms with van der Waals surface area (Å²) in [6.07, 6.45) is 1.63. The summed E-state index contributed by atoms with van der Waals surface area (Å²) in [6, 6.07) is 16.1. The Hall–Kier alpha value is -3.48. The van der Waals surface area contributed by atoms with Crippen LogP contribution in [0.2, 0.25) is 0 Å². The number of carbonyl (C=O) groups is 4. The zero-order valence-electron chi connectivity index (χ0n) is 20.8. The Morgan fingerprint density at radius 1 is 0.943 bits per heavy atom. The minimum Gasteiger partial charge on any atom is -0.354 e. The van der Waals surface area contributed by atoms with Gasteiger partial charge in [0.2, 0.25) is 11.8 Å². The van der Waals surface area contributed by atoms with Gasteiger partial charge in [-0.1, -0.05) is 63.2 Å². The first-order valence-electron chi connectivity index (χ1n) is 12.4. The molecule has 4 amide bonds. The monoisotopic (exact) mass is 477 g/mol. The van der Waals surface area contributed by atoms with Crippen LogP contribution < -0.4 is 5.32 Å². The zero-order chi connectivity index (χ0) is 25.4. The largest absolute Gasteiger partial charge is 0.354 e. The molecular formula is C28H35N3O4. The van der Waals surface area contributed by atoms with E-state index in [9.17, 15) is 19.2 Å². The summed E-state index contributed by atoms with van der Waals surface area (Å²) < 4.78 is 0. The SMILES string of the molecule is CC[C@@H](C(=O)NCC(C)C)N(CCc1ccccc1)C(=O)CCCN1C(=O)c2ccccc2C1=O. The fourth-order valence-electron chi connectivity index (χ4n) is 4.29. The van der Waals surface area contributed by atoms with Crippen molar-refractivity contribution in [1.82, 2.24) is 15.1 Å². The second-order valence-corrected chi connectivity index (χ2v) is 9.30. The average Bonchev–Trinajstić information content (AvgIpc) is 3.10. The lowest BCUT2D eigenvalue weighted by Gasteiger charge is -2.31. The summed E-state index contributed by atoms with van der Waals surface area (Å²) in [7, 11) is 0. The third kappa shape index (κ3) is 6.56. The minimum atomic E-state index is -0.565. The van der Waals surface area contributed by atoms with Crippen molar-refractivity contribution in [2.24, 2.45) is 5.92 Å². The van der Waals surface area contributed by atoms with Crippen LogP contribution in [0.3, 0.4) is 0 Å². The molecule has 0 radical (unpaired) electrons. The first kappa shape index (κ1) is 26.1. The van der Waals surface area contributed by atoms with Crippen LogP contribution in [-0.4, -0.2) is 59.1 Å². The molecule has 0 fully saturated rings. The van der Waals surface area contributed by atoms with Gasteiger partial charge >= 0.3 is 0 Å². The van der Waals surface area contributed by atoms with Crippen LogP contribution in [0.25, 0.3) is 0 Å². The van der Waals surface area contributed by atoms with Gasteiger partial charge in [-0.3, -0.25) is 24.1 Å². The number of fused-ring (bicyclic) bond motifs is 1. The lowest BCUT2D eigenvalue weighted by atomic mass is 10.1. The van der Waals surface area contributed by atoms with E-state index in [0.717, 1.165) is 5.56 Å². The Kier molecular flexibility index (Phi) is 9.18. The Bertz CT molecular complexity index is 1020. The summed E-state index contributed by atoms with van der Waals surface area (Å²) in [5.41, 5.74) is 1.90. The molecule has 0 unspecified atom stereocenters. The van der Waals surface area contributed by atoms with E-state index >= 15 is 0 Å². The molecule has 0 spiro atoms. The van der Waals surface area contributed by atoms with Crippen LogP contribution in [-0.2, 0) is 16.0 Å². The molecular weight excluding hydrogens is 442 g/mol. The van der Waals surface area contributed by atoms with Crippen LogP contribution in [0.15, 0.2) is 54.6 Å². The third-order valence-electron chi connectivity index (χ3n) is 6.21. The smallest absolute Gasteiger partial charge is 0.261 e. The molecule has 1 aliphatic heterocycles. The van der Waals surface area contributed by atoms with Crippen molar-refractivity contribution in [2.75, 3.05) is 19.6 Å². The molecule has 2 aromatic rings. The van der Waals surface area contributed by atoms with Crippen LogP contribution in [0.5, 0.6) is 0 Å². The molecule has 1 N–H and O–H groups in total. The van der Waals surface area contributed by atoms with E-state index in [0.29, 0.717) is 49.4 Å². The average molecular weight is 478 g/mol. The van der Waals surface area contributed by atoms with Crippen molar-refractivity contribution < 1.29 is 19.2 Å². The summed E-state index contributed by atoms with van der Waals surface area (Å²) >= 11 is 0. The van der Waals surface area contributed by atoms with Gasteiger partial charge in [0.1, 0.15) is 6.04 Å². The number of benzene rings is 2. The topological polar surface area (TPSA) is 86.8 Å². The Labute approximate surface area is 207 Å². The Morgan fingerprint density at radius 3 is 2.11 bits per heavy atom. The maximum atomic E-state index is 13.3. The molecule has 0 saturated carbocycles. The number of rotatable bonds is 12. The molecule has 0 saturated heterocycles. The van der Waals surface area contributed by atoms with Gasteiger partial charge in [0.25, 0.3) is 11.8 Å². The second-order valence-electron chi connectivity index (χ2n) is 9.30. The molecule has 3 rings (SSSR count). The van der Waals surface area contributed by atoms with E-state index in [-0.39, 0.29) is 36.6 Å². The van der Waals surface area contributed by atoms with E-state index in [1.807, 2.05) is 51.1 Å². The fourth-order valence-corrected chi connectivity index (χ4v) is 4.29. The van der Waals surface area contributed by atoms with E-state index in [4.69, 9.17) is 0 Å². The highest BCUT2D eigenvalue weighted by Gasteiger charge is 2.35. The predicted molar refractivity (Wildman–Crippen MR) is 135 cm³/mol. The predicted octanol–water partition coefficient (Wildman–Crippen LogP) is 3.68. The molecule has 2 aromatic carbocycles. The maximum Gasteiger partial charge on any atom is 0.261 e. The number of amides is 4. The van der Waals surface area contributed by atoms with Gasteiger partial charge in [0.15, 0.2) is 0 Å². The second kappa shape index (κ2) is 12.3. The molecule has 35 heavy (non-hydrogen) atoms. The van der Waals surface area contributed by atoms with Crippen molar-refractivity contribution >= 4 is 23.6 Å². The summed E-state index contributed by atoms with van der Waals surface area (Å²) in [5, 5.41) is 2.96. The summed E-state index contributed by atoms with van der Waals surface area (Å²) in [4.78, 5) is 54.3. The van der Waals surface area contributed by atoms with Gasteiger partial charge in [-0.25, -0.2) is 0 Å². The van der Waals surface area contributed by atoms with Crippen LogP contribution >= 0.6 is 0 Å². The highest BCUT2D eigenvalue weighted by Crippen LogP contribution is 2.23. The molecule has 0 aromatic heterocycles. The van der Waals surface area contributed by atoms with Crippen LogP contribution in [0.1, 0.15) is 66.3 Å². The van der Waals surface area contributed by atoms with Crippen LogP contribution in [0, 0.1) is 5.92 Å². The highest BCUT2D eigenvalue weighted by atomic mass is 16.2. The third-order valence-corrected chi connectivity index (χ3v) is 6.21. The standard InChI is InChI=1S/C28H35N3O4/c1-4-24(26(33)29-19-20(2)3)30(18-16-21-11-6-5-7-12-21)25(32)15-10-17-31-27(34)22-13-8-9-14-23(22)28(31)35/h5-9,11-14,20,24H,4,10,15-19H2,1-3H3,(H,29,33)/t24-/m0/s1. The van der Waals surface area contributed by atoms with Crippen molar-refractivity contribution in [3.8, 4) is 0 Å². The normalized spacial score (nSPS) is 13.7. The van der Waals surface area contributed by atoms with E-state index in [1.54, 1.807) is 29.2 Å². The minimum absolute atomic E-state index is 0.149. The molecule has 7 nitrogen and oxygen atoms in total. The van der Waals surface area contributed by atoms with Crippen molar-refractivity contribution in [3.05, 3.63) is 71.3 Å². The molecule has 186 valence electrons. The maximum absolute atomic E-state index is 13.3. The Morgan fingerprint density at radius 2 is 1.54 bits per heavy atom. The quantitative estimate of drug-likeness (QED) is 0.473. The lowest BCUT2D eigenvalue weighted by Crippen LogP contribution is -2.50.